The van der Waals surface area contributed by atoms with Crippen molar-refractivity contribution < 1.29 is 17.9 Å². The van der Waals surface area contributed by atoms with Crippen molar-refractivity contribution in [2.24, 2.45) is 5.92 Å². The Balaban J connectivity index is 1.92. The second-order valence-electron chi connectivity index (χ2n) is 8.92. The molecule has 1 heterocycles. The van der Waals surface area contributed by atoms with Gasteiger partial charge in [0.15, 0.2) is 11.4 Å². The third-order valence-corrected chi connectivity index (χ3v) is 7.83. The molecule has 0 spiro atoms. The maximum atomic E-state index is 13.0. The standard InChI is InChI=1S/C27H31NO5S/c1-3-19(17-18-11-7-5-8-12-18)26-23(22(21-15-16-21)20-13-9-6-10-14-20)25(29)24(27(30)33-26)28-34(31,32)4-2/h5-14,19,21-22,28-29H,3-4,15-17H2,1-2H3. The van der Waals surface area contributed by atoms with E-state index in [-0.39, 0.29) is 29.3 Å². The van der Waals surface area contributed by atoms with E-state index < -0.39 is 21.3 Å². The fourth-order valence-electron chi connectivity index (χ4n) is 4.56. The molecule has 6 nitrogen and oxygen atoms in total. The second-order valence-corrected chi connectivity index (χ2v) is 10.9. The molecule has 0 aliphatic heterocycles. The molecule has 2 unspecified atom stereocenters. The number of rotatable bonds is 10. The van der Waals surface area contributed by atoms with E-state index in [1.807, 2.05) is 67.6 Å². The van der Waals surface area contributed by atoms with Crippen LogP contribution in [0.3, 0.4) is 0 Å². The van der Waals surface area contributed by atoms with E-state index in [1.165, 1.54) is 6.92 Å². The Morgan fingerprint density at radius 1 is 1.03 bits per heavy atom. The molecule has 0 bridgehead atoms. The van der Waals surface area contributed by atoms with E-state index in [0.29, 0.717) is 24.2 Å². The van der Waals surface area contributed by atoms with E-state index in [1.54, 1.807) is 0 Å². The van der Waals surface area contributed by atoms with Crippen molar-refractivity contribution in [1.82, 2.24) is 0 Å². The molecular formula is C27H31NO5S. The molecule has 180 valence electrons. The van der Waals surface area contributed by atoms with Gasteiger partial charge in [-0.1, -0.05) is 67.6 Å². The Morgan fingerprint density at radius 3 is 2.21 bits per heavy atom. The second kappa shape index (κ2) is 10.1. The Morgan fingerprint density at radius 2 is 1.65 bits per heavy atom. The first kappa shape index (κ1) is 24.1. The van der Waals surface area contributed by atoms with Crippen molar-refractivity contribution >= 4 is 15.7 Å². The van der Waals surface area contributed by atoms with Gasteiger partial charge < -0.3 is 9.52 Å². The van der Waals surface area contributed by atoms with Gasteiger partial charge in [-0.2, -0.15) is 0 Å². The summed E-state index contributed by atoms with van der Waals surface area (Å²) in [5.74, 6) is -0.179. The molecule has 1 aliphatic rings. The zero-order chi connectivity index (χ0) is 24.3. The van der Waals surface area contributed by atoms with Crippen molar-refractivity contribution in [3.05, 3.63) is 93.5 Å². The van der Waals surface area contributed by atoms with Gasteiger partial charge in [0.25, 0.3) is 0 Å². The molecule has 0 radical (unpaired) electrons. The molecule has 1 aromatic heterocycles. The molecule has 1 fully saturated rings. The summed E-state index contributed by atoms with van der Waals surface area (Å²) in [4.78, 5) is 13.0. The monoisotopic (exact) mass is 481 g/mol. The highest BCUT2D eigenvalue weighted by atomic mass is 32.2. The lowest BCUT2D eigenvalue weighted by atomic mass is 9.81. The van der Waals surface area contributed by atoms with Gasteiger partial charge in [0.1, 0.15) is 5.76 Å². The molecule has 2 N–H and O–H groups in total. The number of sulfonamides is 1. The maximum Gasteiger partial charge on any atom is 0.364 e. The van der Waals surface area contributed by atoms with Crippen LogP contribution in [0.2, 0.25) is 0 Å². The Bertz CT molecular complexity index is 1280. The van der Waals surface area contributed by atoms with Crippen LogP contribution in [0.4, 0.5) is 5.69 Å². The summed E-state index contributed by atoms with van der Waals surface area (Å²) in [5.41, 5.74) is 1.35. The quantitative estimate of drug-likeness (QED) is 0.405. The number of aromatic hydroxyl groups is 1. The summed E-state index contributed by atoms with van der Waals surface area (Å²) < 4.78 is 32.7. The van der Waals surface area contributed by atoms with Gasteiger partial charge in [0, 0.05) is 17.4 Å². The largest absolute Gasteiger partial charge is 0.505 e. The molecular weight excluding hydrogens is 450 g/mol. The van der Waals surface area contributed by atoms with E-state index in [2.05, 4.69) is 4.72 Å². The molecule has 1 saturated carbocycles. The van der Waals surface area contributed by atoms with Gasteiger partial charge in [0.05, 0.1) is 5.75 Å². The van der Waals surface area contributed by atoms with Gasteiger partial charge >= 0.3 is 5.63 Å². The summed E-state index contributed by atoms with van der Waals surface area (Å²) in [6, 6.07) is 19.8. The average molecular weight is 482 g/mol. The highest BCUT2D eigenvalue weighted by molar-refractivity contribution is 7.92. The summed E-state index contributed by atoms with van der Waals surface area (Å²) in [7, 11) is -3.79. The molecule has 1 aliphatic carbocycles. The minimum absolute atomic E-state index is 0.155. The fourth-order valence-corrected chi connectivity index (χ4v) is 5.20. The minimum Gasteiger partial charge on any atom is -0.505 e. The third kappa shape index (κ3) is 5.20. The highest BCUT2D eigenvalue weighted by Crippen LogP contribution is 2.52. The van der Waals surface area contributed by atoms with Crippen LogP contribution in [0.25, 0.3) is 0 Å². The maximum absolute atomic E-state index is 13.0. The van der Waals surface area contributed by atoms with E-state index in [0.717, 1.165) is 24.0 Å². The predicted molar refractivity (Wildman–Crippen MR) is 134 cm³/mol. The molecule has 0 amide bonds. The van der Waals surface area contributed by atoms with Crippen LogP contribution in [0.1, 0.15) is 67.4 Å². The van der Waals surface area contributed by atoms with Gasteiger partial charge in [-0.25, -0.2) is 13.2 Å². The van der Waals surface area contributed by atoms with E-state index in [9.17, 15) is 18.3 Å². The summed E-state index contributed by atoms with van der Waals surface area (Å²) in [6.45, 7) is 3.50. The van der Waals surface area contributed by atoms with E-state index >= 15 is 0 Å². The summed E-state index contributed by atoms with van der Waals surface area (Å²) in [5, 5.41) is 11.4. The zero-order valence-electron chi connectivity index (χ0n) is 19.5. The number of benzene rings is 2. The van der Waals surface area contributed by atoms with Crippen LogP contribution in [0, 0.1) is 5.92 Å². The molecule has 4 rings (SSSR count). The van der Waals surface area contributed by atoms with Crippen LogP contribution in [-0.4, -0.2) is 19.3 Å². The summed E-state index contributed by atoms with van der Waals surface area (Å²) >= 11 is 0. The molecule has 0 saturated heterocycles. The first-order chi connectivity index (χ1) is 16.3. The first-order valence-corrected chi connectivity index (χ1v) is 13.5. The van der Waals surface area contributed by atoms with Crippen LogP contribution in [0.5, 0.6) is 5.75 Å². The van der Waals surface area contributed by atoms with Gasteiger partial charge in [-0.3, -0.25) is 4.72 Å². The van der Waals surface area contributed by atoms with Gasteiger partial charge in [-0.05, 0) is 49.7 Å². The molecule has 3 aromatic rings. The average Bonchev–Trinajstić information content (AvgIpc) is 3.68. The number of hydrogen-bond donors (Lipinski definition) is 2. The van der Waals surface area contributed by atoms with Crippen molar-refractivity contribution in [2.75, 3.05) is 10.5 Å². The van der Waals surface area contributed by atoms with Gasteiger partial charge in [-0.15, -0.1) is 0 Å². The normalized spacial score (nSPS) is 15.6. The Labute approximate surface area is 200 Å². The lowest BCUT2D eigenvalue weighted by molar-refractivity contribution is 0.379. The topological polar surface area (TPSA) is 96.6 Å². The molecule has 2 aromatic carbocycles. The molecule has 7 heteroatoms. The number of hydrogen-bond acceptors (Lipinski definition) is 5. The van der Waals surface area contributed by atoms with Crippen LogP contribution in [-0.2, 0) is 16.4 Å². The predicted octanol–water partition coefficient (Wildman–Crippen LogP) is 5.39. The van der Waals surface area contributed by atoms with E-state index in [4.69, 9.17) is 4.42 Å². The van der Waals surface area contributed by atoms with Crippen LogP contribution in [0.15, 0.2) is 69.9 Å². The SMILES string of the molecule is CCC(Cc1ccccc1)c1oc(=O)c(NS(=O)(=O)CC)c(O)c1C(c1ccccc1)C1CC1. The highest BCUT2D eigenvalue weighted by Gasteiger charge is 2.40. The first-order valence-electron chi connectivity index (χ1n) is 11.8. The number of anilines is 1. The van der Waals surface area contributed by atoms with Gasteiger partial charge in [0.2, 0.25) is 10.0 Å². The summed E-state index contributed by atoms with van der Waals surface area (Å²) in [6.07, 6.45) is 3.31. The van der Waals surface area contributed by atoms with Crippen molar-refractivity contribution in [2.45, 2.75) is 51.4 Å². The molecule has 2 atom stereocenters. The fraction of sp³-hybridized carbons (Fsp3) is 0.370. The minimum atomic E-state index is -3.79. The van der Waals surface area contributed by atoms with Crippen molar-refractivity contribution in [1.29, 1.82) is 0 Å². The zero-order valence-corrected chi connectivity index (χ0v) is 20.3. The Hall–Kier alpha value is -3.06. The number of nitrogens with one attached hydrogen (secondary N) is 1. The lowest BCUT2D eigenvalue weighted by Gasteiger charge is -2.26. The van der Waals surface area contributed by atoms with Crippen LogP contribution < -0.4 is 10.3 Å². The van der Waals surface area contributed by atoms with Crippen LogP contribution >= 0.6 is 0 Å². The smallest absolute Gasteiger partial charge is 0.364 e. The van der Waals surface area contributed by atoms with Crippen molar-refractivity contribution in [3.63, 3.8) is 0 Å². The molecule has 34 heavy (non-hydrogen) atoms. The van der Waals surface area contributed by atoms with Crippen molar-refractivity contribution in [3.8, 4) is 5.75 Å². The Kier molecular flexibility index (Phi) is 7.12. The lowest BCUT2D eigenvalue weighted by Crippen LogP contribution is -2.23. The third-order valence-electron chi connectivity index (χ3n) is 6.55.